The number of benzene rings is 3. The minimum atomic E-state index is -0.805. The third-order valence-corrected chi connectivity index (χ3v) is 6.13. The lowest BCUT2D eigenvalue weighted by Crippen LogP contribution is -2.55. The number of halogens is 2. The quantitative estimate of drug-likeness (QED) is 0.344. The zero-order valence-electron chi connectivity index (χ0n) is 21.5. The van der Waals surface area contributed by atoms with Gasteiger partial charge in [0, 0.05) is 28.5 Å². The highest BCUT2D eigenvalue weighted by Gasteiger charge is 2.32. The molecular formula is C29H32Cl2N2O4. The number of hydrogen-bond acceptors (Lipinski definition) is 4. The van der Waals surface area contributed by atoms with E-state index in [1.807, 2.05) is 51.1 Å². The Morgan fingerprint density at radius 1 is 0.946 bits per heavy atom. The SMILES string of the molecule is COc1ccc(OCC(=O)N(Cc2ccc(Cl)cc2Cl)[C@@H](Cc2ccccc2)C(=O)NC(C)(C)C)cc1. The fourth-order valence-corrected chi connectivity index (χ4v) is 4.21. The van der Waals surface area contributed by atoms with Gasteiger partial charge >= 0.3 is 0 Å². The summed E-state index contributed by atoms with van der Waals surface area (Å²) in [5, 5.41) is 3.93. The van der Waals surface area contributed by atoms with Crippen LogP contribution >= 0.6 is 23.2 Å². The van der Waals surface area contributed by atoms with Crippen LogP contribution in [-0.4, -0.2) is 42.0 Å². The second-order valence-electron chi connectivity index (χ2n) is 9.67. The van der Waals surface area contributed by atoms with Gasteiger partial charge in [0.15, 0.2) is 6.61 Å². The van der Waals surface area contributed by atoms with Gasteiger partial charge < -0.3 is 19.7 Å². The smallest absolute Gasteiger partial charge is 0.261 e. The van der Waals surface area contributed by atoms with Gasteiger partial charge in [0.05, 0.1) is 7.11 Å². The van der Waals surface area contributed by atoms with E-state index < -0.39 is 11.6 Å². The Labute approximate surface area is 228 Å². The molecule has 0 aliphatic heterocycles. The molecule has 0 fully saturated rings. The van der Waals surface area contributed by atoms with Crippen LogP contribution in [0.5, 0.6) is 11.5 Å². The summed E-state index contributed by atoms with van der Waals surface area (Å²) < 4.78 is 11.0. The monoisotopic (exact) mass is 542 g/mol. The van der Waals surface area contributed by atoms with Gasteiger partial charge in [0.2, 0.25) is 5.91 Å². The molecule has 6 nitrogen and oxygen atoms in total. The zero-order valence-corrected chi connectivity index (χ0v) is 23.0. The molecule has 3 aromatic carbocycles. The number of nitrogens with one attached hydrogen (secondary N) is 1. The standard InChI is InChI=1S/C29H32Cl2N2O4/c1-29(2,3)32-28(35)26(16-20-8-6-5-7-9-20)33(18-21-10-11-22(30)17-25(21)31)27(34)19-37-24-14-12-23(36-4)13-15-24/h5-15,17,26H,16,18-19H2,1-4H3,(H,32,35)/t26-/m0/s1. The summed E-state index contributed by atoms with van der Waals surface area (Å²) in [4.78, 5) is 28.7. The Morgan fingerprint density at radius 2 is 1.59 bits per heavy atom. The van der Waals surface area contributed by atoms with Crippen molar-refractivity contribution in [1.29, 1.82) is 0 Å². The van der Waals surface area contributed by atoms with Crippen LogP contribution < -0.4 is 14.8 Å². The maximum Gasteiger partial charge on any atom is 0.261 e. The lowest BCUT2D eigenvalue weighted by molar-refractivity contribution is -0.143. The van der Waals surface area contributed by atoms with Crippen LogP contribution in [0.4, 0.5) is 0 Å². The summed E-state index contributed by atoms with van der Waals surface area (Å²) in [6.45, 7) is 5.56. The molecule has 8 heteroatoms. The fourth-order valence-electron chi connectivity index (χ4n) is 3.74. The number of carbonyl (C=O) groups is 2. The van der Waals surface area contributed by atoms with E-state index in [4.69, 9.17) is 32.7 Å². The van der Waals surface area contributed by atoms with Gasteiger partial charge in [0.1, 0.15) is 17.5 Å². The van der Waals surface area contributed by atoms with E-state index in [2.05, 4.69) is 5.32 Å². The first-order chi connectivity index (χ1) is 17.6. The van der Waals surface area contributed by atoms with Gasteiger partial charge in [-0.2, -0.15) is 0 Å². The van der Waals surface area contributed by atoms with E-state index >= 15 is 0 Å². The number of methoxy groups -OCH3 is 1. The third-order valence-electron chi connectivity index (χ3n) is 5.55. The number of rotatable bonds is 10. The Hall–Kier alpha value is -3.22. The van der Waals surface area contributed by atoms with Crippen molar-refractivity contribution in [3.63, 3.8) is 0 Å². The van der Waals surface area contributed by atoms with E-state index in [0.29, 0.717) is 33.5 Å². The minimum Gasteiger partial charge on any atom is -0.497 e. The highest BCUT2D eigenvalue weighted by molar-refractivity contribution is 6.35. The lowest BCUT2D eigenvalue weighted by Gasteiger charge is -2.34. The normalized spacial score (nSPS) is 11.9. The Balaban J connectivity index is 1.94. The van der Waals surface area contributed by atoms with Crippen LogP contribution in [0.3, 0.4) is 0 Å². The van der Waals surface area contributed by atoms with Crippen molar-refractivity contribution in [3.05, 3.63) is 94.0 Å². The van der Waals surface area contributed by atoms with Crippen molar-refractivity contribution < 1.29 is 19.1 Å². The van der Waals surface area contributed by atoms with E-state index in [-0.39, 0.29) is 25.0 Å². The number of nitrogens with zero attached hydrogens (tertiary/aromatic N) is 1. The first-order valence-corrected chi connectivity index (χ1v) is 12.7. The molecule has 0 aromatic heterocycles. The molecule has 0 spiro atoms. The fraction of sp³-hybridized carbons (Fsp3) is 0.310. The van der Waals surface area contributed by atoms with Crippen molar-refractivity contribution >= 4 is 35.0 Å². The van der Waals surface area contributed by atoms with Gasteiger partial charge in [-0.15, -0.1) is 0 Å². The molecule has 0 aliphatic carbocycles. The van der Waals surface area contributed by atoms with Crippen LogP contribution in [0.2, 0.25) is 10.0 Å². The zero-order chi connectivity index (χ0) is 27.0. The van der Waals surface area contributed by atoms with Gasteiger partial charge in [-0.1, -0.05) is 59.6 Å². The molecule has 3 aromatic rings. The number of amides is 2. The van der Waals surface area contributed by atoms with E-state index in [9.17, 15) is 9.59 Å². The largest absolute Gasteiger partial charge is 0.497 e. The molecule has 3 rings (SSSR count). The second-order valence-corrected chi connectivity index (χ2v) is 10.5. The first kappa shape index (κ1) is 28.4. The van der Waals surface area contributed by atoms with Crippen molar-refractivity contribution in [2.24, 2.45) is 0 Å². The van der Waals surface area contributed by atoms with Gasteiger partial charge in [-0.3, -0.25) is 9.59 Å². The molecule has 0 aliphatic rings. The number of hydrogen-bond donors (Lipinski definition) is 1. The van der Waals surface area contributed by atoms with Crippen LogP contribution in [-0.2, 0) is 22.6 Å². The Kier molecular flexibility index (Phi) is 9.84. The second kappa shape index (κ2) is 12.8. The summed E-state index contributed by atoms with van der Waals surface area (Å²) in [7, 11) is 1.58. The molecule has 37 heavy (non-hydrogen) atoms. The highest BCUT2D eigenvalue weighted by Crippen LogP contribution is 2.25. The molecule has 196 valence electrons. The van der Waals surface area contributed by atoms with Crippen molar-refractivity contribution in [3.8, 4) is 11.5 Å². The molecule has 0 saturated carbocycles. The minimum absolute atomic E-state index is 0.107. The summed E-state index contributed by atoms with van der Waals surface area (Å²) in [5.74, 6) is 0.572. The topological polar surface area (TPSA) is 67.9 Å². The van der Waals surface area contributed by atoms with Gasteiger partial charge in [0.25, 0.3) is 5.91 Å². The number of ether oxygens (including phenoxy) is 2. The third kappa shape index (κ3) is 8.69. The van der Waals surface area contributed by atoms with Crippen molar-refractivity contribution in [2.75, 3.05) is 13.7 Å². The van der Waals surface area contributed by atoms with Crippen molar-refractivity contribution in [1.82, 2.24) is 10.2 Å². The van der Waals surface area contributed by atoms with E-state index in [1.54, 1.807) is 49.6 Å². The summed E-state index contributed by atoms with van der Waals surface area (Å²) >= 11 is 12.6. The Morgan fingerprint density at radius 3 is 2.19 bits per heavy atom. The summed E-state index contributed by atoms with van der Waals surface area (Å²) in [6.07, 6.45) is 0.322. The maximum absolute atomic E-state index is 13.7. The molecule has 1 N–H and O–H groups in total. The van der Waals surface area contributed by atoms with Crippen LogP contribution in [0.15, 0.2) is 72.8 Å². The molecule has 0 bridgehead atoms. The first-order valence-electron chi connectivity index (χ1n) is 11.9. The molecule has 0 heterocycles. The lowest BCUT2D eigenvalue weighted by atomic mass is 10.0. The predicted molar refractivity (Wildman–Crippen MR) is 147 cm³/mol. The van der Waals surface area contributed by atoms with Crippen molar-refractivity contribution in [2.45, 2.75) is 45.3 Å². The van der Waals surface area contributed by atoms with E-state index in [1.165, 1.54) is 4.90 Å². The van der Waals surface area contributed by atoms with Gasteiger partial charge in [-0.25, -0.2) is 0 Å². The molecule has 0 radical (unpaired) electrons. The Bertz CT molecular complexity index is 1190. The maximum atomic E-state index is 13.7. The van der Waals surface area contributed by atoms with Crippen LogP contribution in [0.1, 0.15) is 31.9 Å². The highest BCUT2D eigenvalue weighted by atomic mass is 35.5. The average molecular weight is 543 g/mol. The molecule has 0 unspecified atom stereocenters. The molecular weight excluding hydrogens is 511 g/mol. The van der Waals surface area contributed by atoms with Gasteiger partial charge in [-0.05, 0) is 68.3 Å². The van der Waals surface area contributed by atoms with E-state index in [0.717, 1.165) is 5.56 Å². The number of carbonyl (C=O) groups excluding carboxylic acids is 2. The molecule has 1 atom stereocenters. The molecule has 2 amide bonds. The summed E-state index contributed by atoms with van der Waals surface area (Å²) in [6, 6.07) is 20.8. The average Bonchev–Trinajstić information content (AvgIpc) is 2.85. The van der Waals surface area contributed by atoms with Crippen LogP contribution in [0, 0.1) is 0 Å². The summed E-state index contributed by atoms with van der Waals surface area (Å²) in [5.41, 5.74) is 1.11. The van der Waals surface area contributed by atoms with Crippen LogP contribution in [0.25, 0.3) is 0 Å². The predicted octanol–water partition coefficient (Wildman–Crippen LogP) is 5.94. The molecule has 0 saturated heterocycles.